The van der Waals surface area contributed by atoms with Gasteiger partial charge >= 0.3 is 0 Å². The standard InChI is InChI=1S/C25H28N4O/c26-19-20-6-7-21-8-12-28(24(21)18-20)11-2-1-10-27-13-15-29(16-14-27)23-5-3-4-22-9-17-30-25(22)23/h3-8,12,18H,1-2,9-11,13-17H2. The molecular formula is C25H28N4O. The van der Waals surface area contributed by atoms with Crippen LogP contribution < -0.4 is 9.64 Å². The van der Waals surface area contributed by atoms with Gasteiger partial charge in [0.1, 0.15) is 5.75 Å². The van der Waals surface area contributed by atoms with Crippen molar-refractivity contribution in [3.8, 4) is 11.8 Å². The minimum absolute atomic E-state index is 0.731. The number of hydrogen-bond donors (Lipinski definition) is 0. The fraction of sp³-hybridized carbons (Fsp3) is 0.400. The number of fused-ring (bicyclic) bond motifs is 2. The highest BCUT2D eigenvalue weighted by Crippen LogP contribution is 2.36. The summed E-state index contributed by atoms with van der Waals surface area (Å²) >= 11 is 0. The van der Waals surface area contributed by atoms with Crippen molar-refractivity contribution in [3.63, 3.8) is 0 Å². The van der Waals surface area contributed by atoms with Crippen molar-refractivity contribution in [3.05, 3.63) is 59.8 Å². The molecule has 0 amide bonds. The molecule has 0 spiro atoms. The van der Waals surface area contributed by atoms with Gasteiger partial charge in [-0.15, -0.1) is 0 Å². The third-order valence-corrected chi connectivity index (χ3v) is 6.43. The van der Waals surface area contributed by atoms with E-state index >= 15 is 0 Å². The van der Waals surface area contributed by atoms with Crippen LogP contribution in [0.1, 0.15) is 24.0 Å². The molecule has 30 heavy (non-hydrogen) atoms. The Morgan fingerprint density at radius 3 is 2.70 bits per heavy atom. The van der Waals surface area contributed by atoms with Crippen LogP contribution in [0, 0.1) is 11.3 Å². The molecule has 5 heteroatoms. The second kappa shape index (κ2) is 8.41. The van der Waals surface area contributed by atoms with Gasteiger partial charge in [-0.25, -0.2) is 0 Å². The summed E-state index contributed by atoms with van der Waals surface area (Å²) in [6.07, 6.45) is 5.53. The molecule has 1 fully saturated rings. The van der Waals surface area contributed by atoms with E-state index in [0.29, 0.717) is 0 Å². The highest BCUT2D eigenvalue weighted by molar-refractivity contribution is 5.81. The summed E-state index contributed by atoms with van der Waals surface area (Å²) < 4.78 is 8.18. The van der Waals surface area contributed by atoms with Gasteiger partial charge in [-0.05, 0) is 54.6 Å². The Hall–Kier alpha value is -2.97. The number of hydrogen-bond acceptors (Lipinski definition) is 4. The van der Waals surface area contributed by atoms with Crippen molar-refractivity contribution < 1.29 is 4.74 Å². The smallest absolute Gasteiger partial charge is 0.145 e. The van der Waals surface area contributed by atoms with Crippen molar-refractivity contribution in [2.75, 3.05) is 44.2 Å². The topological polar surface area (TPSA) is 44.4 Å². The van der Waals surface area contributed by atoms with E-state index in [-0.39, 0.29) is 0 Å². The molecular weight excluding hydrogens is 372 g/mol. The molecule has 1 saturated heterocycles. The number of rotatable bonds is 6. The van der Waals surface area contributed by atoms with Gasteiger partial charge in [0, 0.05) is 50.9 Å². The summed E-state index contributed by atoms with van der Waals surface area (Å²) in [5.74, 6) is 1.12. The zero-order chi connectivity index (χ0) is 20.3. The maximum Gasteiger partial charge on any atom is 0.145 e. The first-order chi connectivity index (χ1) is 14.8. The molecule has 5 nitrogen and oxygen atoms in total. The molecule has 5 rings (SSSR count). The zero-order valence-corrected chi connectivity index (χ0v) is 17.4. The van der Waals surface area contributed by atoms with E-state index < -0.39 is 0 Å². The second-order valence-electron chi connectivity index (χ2n) is 8.29. The first-order valence-electron chi connectivity index (χ1n) is 11.0. The van der Waals surface area contributed by atoms with Gasteiger partial charge in [-0.3, -0.25) is 4.90 Å². The lowest BCUT2D eigenvalue weighted by molar-refractivity contribution is 0.250. The largest absolute Gasteiger partial charge is 0.491 e. The van der Waals surface area contributed by atoms with Crippen molar-refractivity contribution in [1.82, 2.24) is 9.47 Å². The number of benzene rings is 2. The van der Waals surface area contributed by atoms with Crippen LogP contribution >= 0.6 is 0 Å². The summed E-state index contributed by atoms with van der Waals surface area (Å²) in [7, 11) is 0. The molecule has 154 valence electrons. The lowest BCUT2D eigenvalue weighted by atomic mass is 10.1. The van der Waals surface area contributed by atoms with Crippen LogP contribution in [0.2, 0.25) is 0 Å². The van der Waals surface area contributed by atoms with Gasteiger partial charge in [0.25, 0.3) is 0 Å². The van der Waals surface area contributed by atoms with Crippen molar-refractivity contribution >= 4 is 16.6 Å². The van der Waals surface area contributed by atoms with Gasteiger partial charge in [0.2, 0.25) is 0 Å². The van der Waals surface area contributed by atoms with Gasteiger partial charge in [0.05, 0.1) is 23.9 Å². The fourth-order valence-corrected chi connectivity index (χ4v) is 4.73. The molecule has 2 aliphatic heterocycles. The number of nitriles is 1. The summed E-state index contributed by atoms with van der Waals surface area (Å²) in [6, 6.07) is 16.9. The highest BCUT2D eigenvalue weighted by Gasteiger charge is 2.23. The molecule has 0 radical (unpaired) electrons. The molecule has 3 heterocycles. The lowest BCUT2D eigenvalue weighted by Crippen LogP contribution is -2.46. The first kappa shape index (κ1) is 19.0. The Labute approximate surface area is 178 Å². The molecule has 0 N–H and O–H groups in total. The highest BCUT2D eigenvalue weighted by atomic mass is 16.5. The number of para-hydroxylation sites is 1. The van der Waals surface area contributed by atoms with Gasteiger partial charge in [-0.1, -0.05) is 18.2 Å². The Morgan fingerprint density at radius 1 is 0.967 bits per heavy atom. The van der Waals surface area contributed by atoms with E-state index in [9.17, 15) is 0 Å². The number of aromatic nitrogens is 1. The minimum atomic E-state index is 0.731. The summed E-state index contributed by atoms with van der Waals surface area (Å²) in [6.45, 7) is 7.34. The number of unbranched alkanes of at least 4 members (excludes halogenated alkanes) is 1. The average molecular weight is 401 g/mol. The summed E-state index contributed by atoms with van der Waals surface area (Å²) in [5, 5.41) is 10.4. The number of piperazine rings is 1. The van der Waals surface area contributed by atoms with Gasteiger partial charge in [0.15, 0.2) is 0 Å². The monoisotopic (exact) mass is 400 g/mol. The third kappa shape index (κ3) is 3.76. The van der Waals surface area contributed by atoms with E-state index in [1.165, 1.54) is 28.6 Å². The third-order valence-electron chi connectivity index (χ3n) is 6.43. The van der Waals surface area contributed by atoms with Crippen LogP contribution in [-0.4, -0.2) is 48.8 Å². The number of aryl methyl sites for hydroxylation is 1. The van der Waals surface area contributed by atoms with E-state index in [4.69, 9.17) is 10.00 Å². The predicted molar refractivity (Wildman–Crippen MR) is 120 cm³/mol. The minimum Gasteiger partial charge on any atom is -0.491 e. The number of ether oxygens (including phenoxy) is 1. The molecule has 0 unspecified atom stereocenters. The Kier molecular flexibility index (Phi) is 5.33. The van der Waals surface area contributed by atoms with Crippen LogP contribution in [0.25, 0.3) is 10.9 Å². The molecule has 0 aliphatic carbocycles. The Morgan fingerprint density at radius 2 is 1.83 bits per heavy atom. The van der Waals surface area contributed by atoms with Crippen LogP contribution in [0.3, 0.4) is 0 Å². The van der Waals surface area contributed by atoms with E-state index in [0.717, 1.165) is 70.0 Å². The number of nitrogens with zero attached hydrogens (tertiary/aromatic N) is 4. The molecule has 3 aromatic rings. The quantitative estimate of drug-likeness (QED) is 0.586. The molecule has 2 aliphatic rings. The number of anilines is 1. The molecule has 1 aromatic heterocycles. The van der Waals surface area contributed by atoms with Crippen molar-refractivity contribution in [1.29, 1.82) is 5.26 Å². The van der Waals surface area contributed by atoms with Gasteiger partial charge in [-0.2, -0.15) is 5.26 Å². The maximum atomic E-state index is 9.15. The van der Waals surface area contributed by atoms with Crippen molar-refractivity contribution in [2.45, 2.75) is 25.8 Å². The molecule has 0 bridgehead atoms. The van der Waals surface area contributed by atoms with Crippen LogP contribution in [0.5, 0.6) is 5.75 Å². The fourth-order valence-electron chi connectivity index (χ4n) is 4.73. The SMILES string of the molecule is N#Cc1ccc2ccn(CCCCN3CCN(c4cccc5c4OCC5)CC3)c2c1. The average Bonchev–Trinajstić information content (AvgIpc) is 3.43. The summed E-state index contributed by atoms with van der Waals surface area (Å²) in [4.78, 5) is 5.07. The summed E-state index contributed by atoms with van der Waals surface area (Å²) in [5.41, 5.74) is 4.53. The van der Waals surface area contributed by atoms with Crippen LogP contribution in [0.4, 0.5) is 5.69 Å². The molecule has 0 saturated carbocycles. The molecule has 2 aromatic carbocycles. The van der Waals surface area contributed by atoms with E-state index in [2.05, 4.69) is 50.9 Å². The van der Waals surface area contributed by atoms with Crippen LogP contribution in [0.15, 0.2) is 48.7 Å². The van der Waals surface area contributed by atoms with E-state index in [1.807, 2.05) is 18.2 Å². The predicted octanol–water partition coefficient (Wildman–Crippen LogP) is 4.05. The maximum absolute atomic E-state index is 9.15. The Balaban J connectivity index is 1.10. The Bertz CT molecular complexity index is 1070. The van der Waals surface area contributed by atoms with E-state index in [1.54, 1.807) is 0 Å². The molecule has 0 atom stereocenters. The first-order valence-corrected chi connectivity index (χ1v) is 11.0. The van der Waals surface area contributed by atoms with Gasteiger partial charge < -0.3 is 14.2 Å². The van der Waals surface area contributed by atoms with Crippen LogP contribution in [-0.2, 0) is 13.0 Å². The normalized spacial score (nSPS) is 16.4. The van der Waals surface area contributed by atoms with Crippen molar-refractivity contribution in [2.24, 2.45) is 0 Å². The zero-order valence-electron chi connectivity index (χ0n) is 17.4. The second-order valence-corrected chi connectivity index (χ2v) is 8.29. The lowest BCUT2D eigenvalue weighted by Gasteiger charge is -2.36.